The van der Waals surface area contributed by atoms with E-state index in [4.69, 9.17) is 0 Å². The Kier molecular flexibility index (Phi) is 8.32. The van der Waals surface area contributed by atoms with Crippen molar-refractivity contribution >= 4 is 41.3 Å². The van der Waals surface area contributed by atoms with E-state index in [1.165, 1.54) is 10.9 Å². The molecule has 1 aromatic heterocycles. The summed E-state index contributed by atoms with van der Waals surface area (Å²) >= 11 is 1.65. The fourth-order valence-electron chi connectivity index (χ4n) is 1.78. The van der Waals surface area contributed by atoms with Crippen LogP contribution in [0.1, 0.15) is 22.4 Å². The lowest BCUT2D eigenvalue weighted by atomic mass is 10.2. The lowest BCUT2D eigenvalue weighted by Crippen LogP contribution is -2.36. The number of rotatable bonds is 5. The van der Waals surface area contributed by atoms with Crippen molar-refractivity contribution < 1.29 is 4.39 Å². The molecule has 2 rings (SSSR count). The summed E-state index contributed by atoms with van der Waals surface area (Å²) in [6, 6.07) is 6.68. The van der Waals surface area contributed by atoms with Gasteiger partial charge in [-0.3, -0.25) is 0 Å². The van der Waals surface area contributed by atoms with Crippen LogP contribution >= 0.6 is 35.3 Å². The maximum Gasteiger partial charge on any atom is 0.191 e. The normalized spacial score (nSPS) is 11.0. The summed E-state index contributed by atoms with van der Waals surface area (Å²) in [6.07, 6.45) is 1.85. The van der Waals surface area contributed by atoms with Crippen molar-refractivity contribution in [2.45, 2.75) is 26.9 Å². The topological polar surface area (TPSA) is 49.3 Å². The van der Waals surface area contributed by atoms with Gasteiger partial charge in [0.2, 0.25) is 0 Å². The van der Waals surface area contributed by atoms with E-state index in [0.717, 1.165) is 11.6 Å². The second-order valence-corrected chi connectivity index (χ2v) is 5.82. The molecule has 0 amide bonds. The number of thiazole rings is 1. The third kappa shape index (κ3) is 5.88. The highest BCUT2D eigenvalue weighted by Gasteiger charge is 2.03. The zero-order valence-corrected chi connectivity index (χ0v) is 15.7. The molecule has 2 N–H and O–H groups in total. The van der Waals surface area contributed by atoms with Crippen molar-refractivity contribution in [2.75, 3.05) is 6.54 Å². The molecule has 22 heavy (non-hydrogen) atoms. The Bertz CT molecular complexity index is 615. The first-order valence-corrected chi connectivity index (χ1v) is 7.67. The molecule has 0 atom stereocenters. The Balaban J connectivity index is 0.00000242. The van der Waals surface area contributed by atoms with Gasteiger partial charge in [-0.25, -0.2) is 14.4 Å². The molecule has 0 aliphatic carbocycles. The smallest absolute Gasteiger partial charge is 0.191 e. The van der Waals surface area contributed by atoms with Gasteiger partial charge >= 0.3 is 0 Å². The number of benzene rings is 1. The average Bonchev–Trinajstić information content (AvgIpc) is 2.89. The van der Waals surface area contributed by atoms with Gasteiger partial charge < -0.3 is 10.6 Å². The molecule has 0 spiro atoms. The highest BCUT2D eigenvalue weighted by atomic mass is 127. The molecule has 0 aliphatic heterocycles. The molecule has 0 radical (unpaired) electrons. The predicted octanol–water partition coefficient (Wildman–Crippen LogP) is 3.46. The fourth-order valence-corrected chi connectivity index (χ4v) is 2.50. The molecule has 120 valence electrons. The van der Waals surface area contributed by atoms with Gasteiger partial charge in [0, 0.05) is 23.2 Å². The molecule has 0 saturated carbocycles. The Morgan fingerprint density at radius 3 is 2.73 bits per heavy atom. The van der Waals surface area contributed by atoms with E-state index in [-0.39, 0.29) is 29.8 Å². The molecule has 1 heterocycles. The van der Waals surface area contributed by atoms with Gasteiger partial charge in [0.15, 0.2) is 5.96 Å². The van der Waals surface area contributed by atoms with Crippen molar-refractivity contribution in [3.8, 4) is 0 Å². The van der Waals surface area contributed by atoms with Crippen LogP contribution in [0.5, 0.6) is 0 Å². The van der Waals surface area contributed by atoms with Crippen LogP contribution in [0.4, 0.5) is 4.39 Å². The van der Waals surface area contributed by atoms with Gasteiger partial charge in [-0.05, 0) is 19.9 Å². The van der Waals surface area contributed by atoms with Gasteiger partial charge in [-0.1, -0.05) is 18.2 Å². The maximum absolute atomic E-state index is 13.6. The van der Waals surface area contributed by atoms with Crippen LogP contribution in [0, 0.1) is 12.7 Å². The minimum absolute atomic E-state index is 0. The van der Waals surface area contributed by atoms with Crippen molar-refractivity contribution in [1.82, 2.24) is 15.6 Å². The number of guanidine groups is 1. The van der Waals surface area contributed by atoms with E-state index in [2.05, 4.69) is 20.6 Å². The van der Waals surface area contributed by atoms with Gasteiger partial charge in [0.1, 0.15) is 10.8 Å². The van der Waals surface area contributed by atoms with Crippen LogP contribution in [-0.4, -0.2) is 17.5 Å². The summed E-state index contributed by atoms with van der Waals surface area (Å²) in [6.45, 7) is 5.69. The van der Waals surface area contributed by atoms with Gasteiger partial charge in [-0.2, -0.15) is 0 Å². The molecule has 0 fully saturated rings. The highest BCUT2D eigenvalue weighted by molar-refractivity contribution is 14.0. The number of aliphatic imine (C=N–C) groups is 1. The summed E-state index contributed by atoms with van der Waals surface area (Å²) in [5.41, 5.74) is 0.583. The van der Waals surface area contributed by atoms with Crippen LogP contribution in [0.25, 0.3) is 0 Å². The number of hydrogen-bond acceptors (Lipinski definition) is 3. The third-order valence-electron chi connectivity index (χ3n) is 2.79. The van der Waals surface area contributed by atoms with E-state index >= 15 is 0 Å². The second-order valence-electron chi connectivity index (χ2n) is 4.50. The molecule has 4 nitrogen and oxygen atoms in total. The molecule has 0 unspecified atom stereocenters. The van der Waals surface area contributed by atoms with Crippen molar-refractivity contribution in [3.05, 3.63) is 51.7 Å². The van der Waals surface area contributed by atoms with Crippen LogP contribution in [-0.2, 0) is 13.1 Å². The fraction of sp³-hybridized carbons (Fsp3) is 0.333. The zero-order chi connectivity index (χ0) is 15.1. The second kappa shape index (κ2) is 9.73. The summed E-state index contributed by atoms with van der Waals surface area (Å²) in [5, 5.41) is 7.35. The molecule has 0 saturated heterocycles. The Labute approximate surface area is 151 Å². The van der Waals surface area contributed by atoms with Gasteiger partial charge in [0.25, 0.3) is 0 Å². The van der Waals surface area contributed by atoms with Crippen molar-refractivity contribution in [2.24, 2.45) is 4.99 Å². The molecule has 7 heteroatoms. The van der Waals surface area contributed by atoms with Crippen molar-refractivity contribution in [1.29, 1.82) is 0 Å². The molecule has 0 aliphatic rings. The van der Waals surface area contributed by atoms with E-state index in [1.807, 2.05) is 26.1 Å². The van der Waals surface area contributed by atoms with Gasteiger partial charge in [0.05, 0.1) is 13.1 Å². The monoisotopic (exact) mass is 434 g/mol. The number of aromatic nitrogens is 1. The first-order chi connectivity index (χ1) is 10.2. The molecular formula is C15H20FIN4S. The Morgan fingerprint density at radius 2 is 2.09 bits per heavy atom. The minimum Gasteiger partial charge on any atom is -0.357 e. The predicted molar refractivity (Wildman–Crippen MR) is 100 cm³/mol. The number of hydrogen-bond donors (Lipinski definition) is 2. The highest BCUT2D eigenvalue weighted by Crippen LogP contribution is 2.10. The number of nitrogens with one attached hydrogen (secondary N) is 2. The summed E-state index contributed by atoms with van der Waals surface area (Å²) in [5.74, 6) is 0.432. The van der Waals surface area contributed by atoms with E-state index in [1.54, 1.807) is 23.5 Å². The van der Waals surface area contributed by atoms with Crippen LogP contribution in [0.15, 0.2) is 35.5 Å². The molecular weight excluding hydrogens is 414 g/mol. The number of halogens is 2. The summed E-state index contributed by atoms with van der Waals surface area (Å²) in [7, 11) is 0. The first-order valence-electron chi connectivity index (χ1n) is 6.86. The molecule has 2 aromatic rings. The summed E-state index contributed by atoms with van der Waals surface area (Å²) in [4.78, 5) is 9.87. The largest absolute Gasteiger partial charge is 0.357 e. The van der Waals surface area contributed by atoms with E-state index in [9.17, 15) is 4.39 Å². The van der Waals surface area contributed by atoms with Crippen molar-refractivity contribution in [3.63, 3.8) is 0 Å². The maximum atomic E-state index is 13.6. The minimum atomic E-state index is -0.229. The van der Waals surface area contributed by atoms with E-state index in [0.29, 0.717) is 24.6 Å². The SMILES string of the molecule is CCNC(=NCc1ccccc1F)NCc1ncc(C)s1.I. The van der Waals surface area contributed by atoms with Crippen LogP contribution < -0.4 is 10.6 Å². The zero-order valence-electron chi connectivity index (χ0n) is 12.6. The standard InChI is InChI=1S/C15H19FN4S.HI/c1-3-17-15(20-10-14-18-8-11(2)21-14)19-9-12-6-4-5-7-13(12)16;/h4-8H,3,9-10H2,1-2H3,(H2,17,19,20);1H. The van der Waals surface area contributed by atoms with Crippen LogP contribution in [0.3, 0.4) is 0 Å². The quantitative estimate of drug-likeness (QED) is 0.431. The lowest BCUT2D eigenvalue weighted by molar-refractivity contribution is 0.610. The summed E-state index contributed by atoms with van der Waals surface area (Å²) < 4.78 is 13.6. The third-order valence-corrected chi connectivity index (χ3v) is 3.70. The number of nitrogens with zero attached hydrogens (tertiary/aromatic N) is 2. The molecule has 0 bridgehead atoms. The molecule has 1 aromatic carbocycles. The van der Waals surface area contributed by atoms with Gasteiger partial charge in [-0.15, -0.1) is 35.3 Å². The Hall–Kier alpha value is -1.22. The Morgan fingerprint density at radius 1 is 1.32 bits per heavy atom. The van der Waals surface area contributed by atoms with E-state index < -0.39 is 0 Å². The van der Waals surface area contributed by atoms with Crippen LogP contribution in [0.2, 0.25) is 0 Å². The lowest BCUT2D eigenvalue weighted by Gasteiger charge is -2.10. The first kappa shape index (κ1) is 18.8. The average molecular weight is 434 g/mol. The number of aryl methyl sites for hydroxylation is 1.